The summed E-state index contributed by atoms with van der Waals surface area (Å²) in [6.45, 7) is 3.48. The van der Waals surface area contributed by atoms with Gasteiger partial charge in [-0.05, 0) is 44.0 Å². The van der Waals surface area contributed by atoms with Crippen LogP contribution in [0.1, 0.15) is 40.6 Å². The highest BCUT2D eigenvalue weighted by Gasteiger charge is 2.15. The minimum Gasteiger partial charge on any atom is -0.355 e. The number of nitrogens with one attached hydrogen (secondary N) is 1. The second-order valence-electron chi connectivity index (χ2n) is 5.54. The second-order valence-corrected chi connectivity index (χ2v) is 5.54. The Hall–Kier alpha value is -2.76. The van der Waals surface area contributed by atoms with Crippen LogP contribution in [0, 0.1) is 0 Å². The number of carbonyl (C=O) groups excluding carboxylic acids is 2. The molecule has 6 nitrogen and oxygen atoms in total. The third-order valence-electron chi connectivity index (χ3n) is 3.85. The van der Waals surface area contributed by atoms with Gasteiger partial charge in [-0.2, -0.15) is 0 Å². The standard InChI is InChI=1S/C17H18N4O2/c1-12(22)13-4-6-14(7-5-13)20-17(23)15-10-19-16(11-18-15)21-8-2-3-9-21/h4-7,10-11H,2-3,8-9H2,1H3,(H,20,23). The predicted molar refractivity (Wildman–Crippen MR) is 87.9 cm³/mol. The number of benzene rings is 1. The van der Waals surface area contributed by atoms with Gasteiger partial charge in [0.25, 0.3) is 5.91 Å². The van der Waals surface area contributed by atoms with Gasteiger partial charge in [-0.25, -0.2) is 9.97 Å². The quantitative estimate of drug-likeness (QED) is 0.878. The molecule has 1 amide bonds. The van der Waals surface area contributed by atoms with Crippen molar-refractivity contribution in [2.24, 2.45) is 0 Å². The Labute approximate surface area is 134 Å². The minimum absolute atomic E-state index is 0.00811. The van der Waals surface area contributed by atoms with E-state index in [1.807, 2.05) is 0 Å². The summed E-state index contributed by atoms with van der Waals surface area (Å²) in [5.41, 5.74) is 1.49. The number of amides is 1. The Morgan fingerprint density at radius 3 is 2.30 bits per heavy atom. The molecule has 0 atom stereocenters. The fraction of sp³-hybridized carbons (Fsp3) is 0.294. The van der Waals surface area contributed by atoms with E-state index in [0.717, 1.165) is 18.9 Å². The maximum Gasteiger partial charge on any atom is 0.275 e. The van der Waals surface area contributed by atoms with Gasteiger partial charge in [0, 0.05) is 24.3 Å². The van der Waals surface area contributed by atoms with Crippen molar-refractivity contribution in [2.75, 3.05) is 23.3 Å². The molecule has 0 radical (unpaired) electrons. The second kappa shape index (κ2) is 6.56. The lowest BCUT2D eigenvalue weighted by atomic mass is 10.1. The number of hydrogen-bond donors (Lipinski definition) is 1. The van der Waals surface area contributed by atoms with E-state index < -0.39 is 0 Å². The molecule has 23 heavy (non-hydrogen) atoms. The van der Waals surface area contributed by atoms with E-state index in [9.17, 15) is 9.59 Å². The highest BCUT2D eigenvalue weighted by Crippen LogP contribution is 2.17. The monoisotopic (exact) mass is 310 g/mol. The van der Waals surface area contributed by atoms with Crippen molar-refractivity contribution in [3.8, 4) is 0 Å². The van der Waals surface area contributed by atoms with Crippen LogP contribution in [0.15, 0.2) is 36.7 Å². The van der Waals surface area contributed by atoms with Gasteiger partial charge in [0.1, 0.15) is 11.5 Å². The molecule has 1 fully saturated rings. The summed E-state index contributed by atoms with van der Waals surface area (Å²) < 4.78 is 0. The number of Topliss-reactive ketones (excluding diaryl/α,β-unsaturated/α-hetero) is 1. The van der Waals surface area contributed by atoms with E-state index in [1.165, 1.54) is 26.0 Å². The number of ketones is 1. The summed E-state index contributed by atoms with van der Waals surface area (Å²) in [4.78, 5) is 34.1. The molecule has 0 spiro atoms. The number of hydrogen-bond acceptors (Lipinski definition) is 5. The van der Waals surface area contributed by atoms with Gasteiger partial charge in [-0.15, -0.1) is 0 Å². The lowest BCUT2D eigenvalue weighted by Crippen LogP contribution is -2.20. The fourth-order valence-electron chi connectivity index (χ4n) is 2.53. The SMILES string of the molecule is CC(=O)c1ccc(NC(=O)c2cnc(N3CCCC3)cn2)cc1. The molecule has 0 unspecified atom stereocenters. The first-order chi connectivity index (χ1) is 11.1. The van der Waals surface area contributed by atoms with Crippen LogP contribution in [-0.4, -0.2) is 34.7 Å². The zero-order valence-corrected chi connectivity index (χ0v) is 13.0. The van der Waals surface area contributed by atoms with Crippen molar-refractivity contribution in [3.63, 3.8) is 0 Å². The summed E-state index contributed by atoms with van der Waals surface area (Å²) in [7, 11) is 0. The van der Waals surface area contributed by atoms with Crippen molar-refractivity contribution < 1.29 is 9.59 Å². The molecule has 1 aromatic heterocycles. The molecule has 1 aromatic carbocycles. The highest BCUT2D eigenvalue weighted by molar-refractivity contribution is 6.03. The van der Waals surface area contributed by atoms with E-state index in [4.69, 9.17) is 0 Å². The largest absolute Gasteiger partial charge is 0.355 e. The van der Waals surface area contributed by atoms with Crippen LogP contribution < -0.4 is 10.2 Å². The van der Waals surface area contributed by atoms with Gasteiger partial charge in [-0.1, -0.05) is 0 Å². The molecule has 1 saturated heterocycles. The molecule has 1 aliphatic rings. The summed E-state index contributed by atoms with van der Waals surface area (Å²) in [6.07, 6.45) is 5.46. The fourth-order valence-corrected chi connectivity index (χ4v) is 2.53. The Kier molecular flexibility index (Phi) is 4.32. The van der Waals surface area contributed by atoms with E-state index in [2.05, 4.69) is 20.2 Å². The van der Waals surface area contributed by atoms with Gasteiger partial charge >= 0.3 is 0 Å². The Balaban J connectivity index is 1.66. The molecule has 118 valence electrons. The lowest BCUT2D eigenvalue weighted by Gasteiger charge is -2.15. The van der Waals surface area contributed by atoms with E-state index in [1.54, 1.807) is 30.5 Å². The predicted octanol–water partition coefficient (Wildman–Crippen LogP) is 2.53. The first-order valence-electron chi connectivity index (χ1n) is 7.63. The first-order valence-corrected chi connectivity index (χ1v) is 7.63. The molecule has 0 aliphatic carbocycles. The third-order valence-corrected chi connectivity index (χ3v) is 3.85. The molecule has 6 heteroatoms. The van der Waals surface area contributed by atoms with E-state index in [-0.39, 0.29) is 17.4 Å². The van der Waals surface area contributed by atoms with Crippen LogP contribution in [0.2, 0.25) is 0 Å². The number of aromatic nitrogens is 2. The molecule has 0 bridgehead atoms. The van der Waals surface area contributed by atoms with Crippen LogP contribution in [0.5, 0.6) is 0 Å². The number of nitrogens with zero attached hydrogens (tertiary/aromatic N) is 3. The maximum absolute atomic E-state index is 12.2. The van der Waals surface area contributed by atoms with Gasteiger partial charge < -0.3 is 10.2 Å². The summed E-state index contributed by atoms with van der Waals surface area (Å²) >= 11 is 0. The van der Waals surface area contributed by atoms with E-state index >= 15 is 0 Å². The van der Waals surface area contributed by atoms with Crippen LogP contribution >= 0.6 is 0 Å². The average molecular weight is 310 g/mol. The topological polar surface area (TPSA) is 75.2 Å². The Bertz CT molecular complexity index is 704. The van der Waals surface area contributed by atoms with Crippen LogP contribution in [0.3, 0.4) is 0 Å². The highest BCUT2D eigenvalue weighted by atomic mass is 16.2. The van der Waals surface area contributed by atoms with Crippen molar-refractivity contribution in [1.29, 1.82) is 0 Å². The van der Waals surface area contributed by atoms with Gasteiger partial charge in [0.05, 0.1) is 12.4 Å². The lowest BCUT2D eigenvalue weighted by molar-refractivity contribution is 0.101. The van der Waals surface area contributed by atoms with Crippen molar-refractivity contribution in [2.45, 2.75) is 19.8 Å². The number of anilines is 2. The zero-order chi connectivity index (χ0) is 16.2. The third kappa shape index (κ3) is 3.53. The molecular formula is C17H18N4O2. The normalized spacial score (nSPS) is 13.9. The van der Waals surface area contributed by atoms with Crippen molar-refractivity contribution >= 4 is 23.2 Å². The Morgan fingerprint density at radius 1 is 1.04 bits per heavy atom. The summed E-state index contributed by atoms with van der Waals surface area (Å²) in [6, 6.07) is 6.75. The van der Waals surface area contributed by atoms with E-state index in [0.29, 0.717) is 11.3 Å². The molecule has 0 saturated carbocycles. The van der Waals surface area contributed by atoms with Crippen molar-refractivity contribution in [1.82, 2.24) is 9.97 Å². The number of rotatable bonds is 4. The van der Waals surface area contributed by atoms with Gasteiger partial charge in [0.15, 0.2) is 5.78 Å². The molecule has 2 aromatic rings. The van der Waals surface area contributed by atoms with Gasteiger partial charge in [-0.3, -0.25) is 9.59 Å². The summed E-state index contributed by atoms with van der Waals surface area (Å²) in [5.74, 6) is 0.483. The molecular weight excluding hydrogens is 292 g/mol. The first kappa shape index (κ1) is 15.1. The average Bonchev–Trinajstić information content (AvgIpc) is 3.10. The molecule has 1 aliphatic heterocycles. The maximum atomic E-state index is 12.2. The smallest absolute Gasteiger partial charge is 0.275 e. The van der Waals surface area contributed by atoms with Gasteiger partial charge in [0.2, 0.25) is 0 Å². The van der Waals surface area contributed by atoms with Crippen molar-refractivity contribution in [3.05, 3.63) is 47.9 Å². The number of carbonyl (C=O) groups is 2. The van der Waals surface area contributed by atoms with Crippen LogP contribution in [0.4, 0.5) is 11.5 Å². The minimum atomic E-state index is -0.318. The zero-order valence-electron chi connectivity index (χ0n) is 13.0. The molecule has 3 rings (SSSR count). The van der Waals surface area contributed by atoms with Crippen LogP contribution in [0.25, 0.3) is 0 Å². The summed E-state index contributed by atoms with van der Waals surface area (Å²) in [5, 5.41) is 2.75. The Morgan fingerprint density at radius 2 is 1.74 bits per heavy atom. The van der Waals surface area contributed by atoms with Crippen LogP contribution in [-0.2, 0) is 0 Å². The molecule has 1 N–H and O–H groups in total. The molecule has 2 heterocycles.